The average molecular weight is 212 g/mol. The van der Waals surface area contributed by atoms with E-state index in [2.05, 4.69) is 13.8 Å². The molecule has 1 rings (SSSR count). The first-order chi connectivity index (χ1) is 7.20. The van der Waals surface area contributed by atoms with Crippen molar-refractivity contribution in [3.63, 3.8) is 0 Å². The number of hydrogen-bond donors (Lipinski definition) is 1. The van der Waals surface area contributed by atoms with Gasteiger partial charge in [-0.05, 0) is 25.7 Å². The van der Waals surface area contributed by atoms with Crippen LogP contribution in [0.2, 0.25) is 0 Å². The maximum atomic E-state index is 12.0. The van der Waals surface area contributed by atoms with E-state index in [4.69, 9.17) is 5.73 Å². The summed E-state index contributed by atoms with van der Waals surface area (Å²) in [4.78, 5) is 14.0. The fourth-order valence-electron chi connectivity index (χ4n) is 1.86. The van der Waals surface area contributed by atoms with Gasteiger partial charge in [0.1, 0.15) is 0 Å². The van der Waals surface area contributed by atoms with Crippen LogP contribution in [-0.2, 0) is 4.79 Å². The maximum Gasteiger partial charge on any atom is 0.239 e. The molecule has 0 spiro atoms. The van der Waals surface area contributed by atoms with Crippen LogP contribution >= 0.6 is 0 Å². The van der Waals surface area contributed by atoms with E-state index in [1.165, 1.54) is 12.8 Å². The lowest BCUT2D eigenvalue weighted by atomic mass is 10.1. The number of rotatable bonds is 7. The SMILES string of the molecule is CCCCC(N)C(=O)N(CCC)C1CC1. The molecular weight excluding hydrogens is 188 g/mol. The first-order valence-electron chi connectivity index (χ1n) is 6.26. The Hall–Kier alpha value is -0.570. The maximum absolute atomic E-state index is 12.0. The molecule has 3 heteroatoms. The van der Waals surface area contributed by atoms with Gasteiger partial charge in [-0.2, -0.15) is 0 Å². The summed E-state index contributed by atoms with van der Waals surface area (Å²) in [5.74, 6) is 0.174. The van der Waals surface area contributed by atoms with Crippen molar-refractivity contribution in [2.24, 2.45) is 5.73 Å². The quantitative estimate of drug-likeness (QED) is 0.700. The summed E-state index contributed by atoms with van der Waals surface area (Å²) in [6.07, 6.45) is 6.37. The van der Waals surface area contributed by atoms with Gasteiger partial charge in [0.2, 0.25) is 5.91 Å². The fraction of sp³-hybridized carbons (Fsp3) is 0.917. The third kappa shape index (κ3) is 3.82. The molecule has 0 aromatic rings. The number of nitrogens with zero attached hydrogens (tertiary/aromatic N) is 1. The number of carbonyl (C=O) groups is 1. The zero-order valence-electron chi connectivity index (χ0n) is 10.0. The Bertz CT molecular complexity index is 202. The van der Waals surface area contributed by atoms with Gasteiger partial charge >= 0.3 is 0 Å². The van der Waals surface area contributed by atoms with E-state index in [-0.39, 0.29) is 11.9 Å². The van der Waals surface area contributed by atoms with Crippen molar-refractivity contribution in [1.29, 1.82) is 0 Å². The summed E-state index contributed by atoms with van der Waals surface area (Å²) in [6, 6.07) is 0.238. The predicted octanol–water partition coefficient (Wildman–Crippen LogP) is 1.90. The number of unbranched alkanes of at least 4 members (excludes halogenated alkanes) is 1. The summed E-state index contributed by atoms with van der Waals surface area (Å²) >= 11 is 0. The Morgan fingerprint density at radius 1 is 1.40 bits per heavy atom. The molecule has 0 heterocycles. The molecule has 88 valence electrons. The van der Waals surface area contributed by atoms with Crippen molar-refractivity contribution in [1.82, 2.24) is 4.90 Å². The molecule has 1 amide bonds. The van der Waals surface area contributed by atoms with Gasteiger partial charge < -0.3 is 10.6 Å². The van der Waals surface area contributed by atoms with Gasteiger partial charge in [-0.3, -0.25) is 4.79 Å². The summed E-state index contributed by atoms with van der Waals surface area (Å²) in [5, 5.41) is 0. The summed E-state index contributed by atoms with van der Waals surface area (Å²) in [5.41, 5.74) is 5.91. The highest BCUT2D eigenvalue weighted by Gasteiger charge is 2.33. The van der Waals surface area contributed by atoms with Crippen LogP contribution in [0.15, 0.2) is 0 Å². The minimum Gasteiger partial charge on any atom is -0.338 e. The molecule has 0 aromatic heterocycles. The van der Waals surface area contributed by atoms with Crippen LogP contribution in [0.4, 0.5) is 0 Å². The molecule has 1 atom stereocenters. The number of hydrogen-bond acceptors (Lipinski definition) is 2. The minimum absolute atomic E-state index is 0.174. The van der Waals surface area contributed by atoms with E-state index >= 15 is 0 Å². The molecule has 1 aliphatic carbocycles. The minimum atomic E-state index is -0.267. The van der Waals surface area contributed by atoms with E-state index in [1.54, 1.807) is 0 Å². The van der Waals surface area contributed by atoms with Crippen LogP contribution in [0.3, 0.4) is 0 Å². The lowest BCUT2D eigenvalue weighted by Crippen LogP contribution is -2.45. The van der Waals surface area contributed by atoms with Gasteiger partial charge in [0.05, 0.1) is 6.04 Å². The van der Waals surface area contributed by atoms with Gasteiger partial charge in [-0.1, -0.05) is 26.7 Å². The molecule has 0 aliphatic heterocycles. The molecule has 0 radical (unpaired) electrons. The Morgan fingerprint density at radius 2 is 2.07 bits per heavy atom. The van der Waals surface area contributed by atoms with E-state index in [9.17, 15) is 4.79 Å². The fourth-order valence-corrected chi connectivity index (χ4v) is 1.86. The van der Waals surface area contributed by atoms with Crippen molar-refractivity contribution >= 4 is 5.91 Å². The Kier molecular flexibility index (Phi) is 5.09. The molecule has 3 nitrogen and oxygen atoms in total. The molecule has 1 saturated carbocycles. The van der Waals surface area contributed by atoms with Crippen LogP contribution in [0.5, 0.6) is 0 Å². The number of nitrogens with two attached hydrogens (primary N) is 1. The van der Waals surface area contributed by atoms with Crippen LogP contribution in [0.25, 0.3) is 0 Å². The first-order valence-corrected chi connectivity index (χ1v) is 6.26. The van der Waals surface area contributed by atoms with Crippen LogP contribution in [0, 0.1) is 0 Å². The van der Waals surface area contributed by atoms with Crippen molar-refractivity contribution in [2.45, 2.75) is 64.5 Å². The molecule has 1 fully saturated rings. The van der Waals surface area contributed by atoms with Gasteiger partial charge in [0.25, 0.3) is 0 Å². The molecule has 15 heavy (non-hydrogen) atoms. The normalized spacial score (nSPS) is 17.5. The summed E-state index contributed by atoms with van der Waals surface area (Å²) < 4.78 is 0. The smallest absolute Gasteiger partial charge is 0.239 e. The van der Waals surface area contributed by atoms with Crippen LogP contribution in [-0.4, -0.2) is 29.4 Å². The zero-order chi connectivity index (χ0) is 11.3. The highest BCUT2D eigenvalue weighted by molar-refractivity contribution is 5.82. The molecule has 0 saturated heterocycles. The average Bonchev–Trinajstić information content (AvgIpc) is 3.05. The third-order valence-electron chi connectivity index (χ3n) is 2.92. The van der Waals surface area contributed by atoms with Gasteiger partial charge in [0.15, 0.2) is 0 Å². The molecule has 2 N–H and O–H groups in total. The van der Waals surface area contributed by atoms with Gasteiger partial charge in [-0.25, -0.2) is 0 Å². The number of carbonyl (C=O) groups excluding carboxylic acids is 1. The van der Waals surface area contributed by atoms with Gasteiger partial charge in [0, 0.05) is 12.6 Å². The topological polar surface area (TPSA) is 46.3 Å². The van der Waals surface area contributed by atoms with Crippen molar-refractivity contribution < 1.29 is 4.79 Å². The van der Waals surface area contributed by atoms with Gasteiger partial charge in [-0.15, -0.1) is 0 Å². The predicted molar refractivity (Wildman–Crippen MR) is 62.5 cm³/mol. The highest BCUT2D eigenvalue weighted by atomic mass is 16.2. The van der Waals surface area contributed by atoms with E-state index in [0.717, 1.165) is 32.2 Å². The highest BCUT2D eigenvalue weighted by Crippen LogP contribution is 2.27. The van der Waals surface area contributed by atoms with E-state index in [0.29, 0.717) is 6.04 Å². The lowest BCUT2D eigenvalue weighted by molar-refractivity contribution is -0.133. The Balaban J connectivity index is 2.39. The lowest BCUT2D eigenvalue weighted by Gasteiger charge is -2.25. The zero-order valence-corrected chi connectivity index (χ0v) is 10.0. The standard InChI is InChI=1S/C12H24N2O/c1-3-5-6-11(13)12(15)14(9-4-2)10-7-8-10/h10-11H,3-9,13H2,1-2H3. The van der Waals surface area contributed by atoms with E-state index in [1.807, 2.05) is 4.90 Å². The molecular formula is C12H24N2O. The third-order valence-corrected chi connectivity index (χ3v) is 2.92. The second kappa shape index (κ2) is 6.11. The largest absolute Gasteiger partial charge is 0.338 e. The number of amides is 1. The molecule has 1 aliphatic rings. The Morgan fingerprint density at radius 3 is 2.53 bits per heavy atom. The molecule has 0 bridgehead atoms. The first kappa shape index (κ1) is 12.5. The Labute approximate surface area is 93.0 Å². The second-order valence-electron chi connectivity index (χ2n) is 4.51. The summed E-state index contributed by atoms with van der Waals surface area (Å²) in [6.45, 7) is 5.12. The molecule has 1 unspecified atom stereocenters. The monoisotopic (exact) mass is 212 g/mol. The second-order valence-corrected chi connectivity index (χ2v) is 4.51. The van der Waals surface area contributed by atoms with Crippen molar-refractivity contribution in [3.05, 3.63) is 0 Å². The van der Waals surface area contributed by atoms with Crippen molar-refractivity contribution in [2.75, 3.05) is 6.54 Å². The molecule has 0 aromatic carbocycles. The van der Waals surface area contributed by atoms with Crippen molar-refractivity contribution in [3.8, 4) is 0 Å². The van der Waals surface area contributed by atoms with Crippen LogP contribution in [0.1, 0.15) is 52.4 Å². The summed E-state index contributed by atoms with van der Waals surface area (Å²) in [7, 11) is 0. The van der Waals surface area contributed by atoms with E-state index < -0.39 is 0 Å². The van der Waals surface area contributed by atoms with Crippen LogP contribution < -0.4 is 5.73 Å².